The minimum Gasteiger partial charge on any atom is -0.383 e. The third-order valence-corrected chi connectivity index (χ3v) is 3.06. The summed E-state index contributed by atoms with van der Waals surface area (Å²) in [6, 6.07) is 4.60. The second-order valence-corrected chi connectivity index (χ2v) is 4.58. The average Bonchev–Trinajstić information content (AvgIpc) is 2.26. The smallest absolute Gasteiger partial charge is 0.126 e. The van der Waals surface area contributed by atoms with Gasteiger partial charge in [0.2, 0.25) is 0 Å². The SMILES string of the molecule is CNC(CCCc1cccnc1N)C(C)C. The van der Waals surface area contributed by atoms with Crippen LogP contribution in [0.4, 0.5) is 5.82 Å². The third kappa shape index (κ3) is 3.81. The summed E-state index contributed by atoms with van der Waals surface area (Å²) in [7, 11) is 2.03. The largest absolute Gasteiger partial charge is 0.383 e. The van der Waals surface area contributed by atoms with E-state index in [1.807, 2.05) is 13.1 Å². The molecule has 1 rings (SSSR count). The lowest BCUT2D eigenvalue weighted by Crippen LogP contribution is -2.30. The van der Waals surface area contributed by atoms with E-state index in [0.717, 1.165) is 12.8 Å². The summed E-state index contributed by atoms with van der Waals surface area (Å²) in [4.78, 5) is 4.09. The Kier molecular flexibility index (Phi) is 5.26. The van der Waals surface area contributed by atoms with Gasteiger partial charge in [-0.1, -0.05) is 19.9 Å². The van der Waals surface area contributed by atoms with Gasteiger partial charge in [0.15, 0.2) is 0 Å². The van der Waals surface area contributed by atoms with Gasteiger partial charge in [0, 0.05) is 12.2 Å². The molecule has 0 aliphatic heterocycles. The maximum atomic E-state index is 5.80. The van der Waals surface area contributed by atoms with Gasteiger partial charge in [-0.05, 0) is 43.9 Å². The van der Waals surface area contributed by atoms with Crippen LogP contribution in [-0.2, 0) is 6.42 Å². The van der Waals surface area contributed by atoms with Crippen LogP contribution in [0.25, 0.3) is 0 Å². The van der Waals surface area contributed by atoms with Crippen LogP contribution in [-0.4, -0.2) is 18.1 Å². The van der Waals surface area contributed by atoms with Gasteiger partial charge in [0.05, 0.1) is 0 Å². The Balaban J connectivity index is 2.38. The summed E-state index contributed by atoms with van der Waals surface area (Å²) in [6.07, 6.45) is 5.09. The Morgan fingerprint density at radius 1 is 1.44 bits per heavy atom. The summed E-state index contributed by atoms with van der Waals surface area (Å²) in [5, 5.41) is 3.36. The minimum absolute atomic E-state index is 0.595. The molecule has 90 valence electrons. The van der Waals surface area contributed by atoms with E-state index >= 15 is 0 Å². The molecular weight excluding hydrogens is 198 g/mol. The summed E-state index contributed by atoms with van der Waals surface area (Å²) in [6.45, 7) is 4.50. The molecule has 1 aromatic rings. The van der Waals surface area contributed by atoms with Gasteiger partial charge in [-0.2, -0.15) is 0 Å². The topological polar surface area (TPSA) is 50.9 Å². The van der Waals surface area contributed by atoms with E-state index < -0.39 is 0 Å². The van der Waals surface area contributed by atoms with Crippen molar-refractivity contribution in [3.8, 4) is 0 Å². The van der Waals surface area contributed by atoms with Gasteiger partial charge >= 0.3 is 0 Å². The number of pyridine rings is 1. The molecule has 1 aromatic heterocycles. The lowest BCUT2D eigenvalue weighted by molar-refractivity contribution is 0.394. The van der Waals surface area contributed by atoms with Crippen LogP contribution in [0.15, 0.2) is 18.3 Å². The number of nitrogens with two attached hydrogens (primary N) is 1. The van der Waals surface area contributed by atoms with E-state index in [0.29, 0.717) is 17.8 Å². The molecule has 0 bridgehead atoms. The molecule has 1 atom stereocenters. The molecule has 3 nitrogen and oxygen atoms in total. The van der Waals surface area contributed by atoms with E-state index in [1.165, 1.54) is 12.0 Å². The van der Waals surface area contributed by atoms with E-state index in [2.05, 4.69) is 30.2 Å². The molecule has 0 amide bonds. The number of nitrogens with zero attached hydrogens (tertiary/aromatic N) is 1. The fraction of sp³-hybridized carbons (Fsp3) is 0.615. The minimum atomic E-state index is 0.595. The van der Waals surface area contributed by atoms with Crippen LogP contribution in [0.5, 0.6) is 0 Å². The zero-order valence-electron chi connectivity index (χ0n) is 10.5. The zero-order valence-corrected chi connectivity index (χ0v) is 10.5. The lowest BCUT2D eigenvalue weighted by atomic mass is 9.97. The maximum Gasteiger partial charge on any atom is 0.126 e. The number of nitrogens with one attached hydrogen (secondary N) is 1. The number of hydrogen-bond acceptors (Lipinski definition) is 3. The Bertz CT molecular complexity index is 310. The van der Waals surface area contributed by atoms with E-state index in [4.69, 9.17) is 5.73 Å². The molecule has 0 fully saturated rings. The van der Waals surface area contributed by atoms with Gasteiger partial charge in [0.25, 0.3) is 0 Å². The van der Waals surface area contributed by atoms with Crippen molar-refractivity contribution in [1.29, 1.82) is 0 Å². The van der Waals surface area contributed by atoms with E-state index in [9.17, 15) is 0 Å². The highest BCUT2D eigenvalue weighted by atomic mass is 14.9. The van der Waals surface area contributed by atoms with Crippen molar-refractivity contribution < 1.29 is 0 Å². The molecule has 0 aliphatic rings. The molecule has 0 saturated carbocycles. The first kappa shape index (κ1) is 13.0. The predicted molar refractivity (Wildman–Crippen MR) is 69.3 cm³/mol. The molecule has 3 heteroatoms. The molecule has 1 unspecified atom stereocenters. The summed E-state index contributed by atoms with van der Waals surface area (Å²) >= 11 is 0. The molecule has 0 saturated heterocycles. The monoisotopic (exact) mass is 221 g/mol. The van der Waals surface area contributed by atoms with E-state index in [1.54, 1.807) is 6.20 Å². The average molecular weight is 221 g/mol. The van der Waals surface area contributed by atoms with Gasteiger partial charge < -0.3 is 11.1 Å². The second kappa shape index (κ2) is 6.48. The first-order chi connectivity index (χ1) is 7.65. The third-order valence-electron chi connectivity index (χ3n) is 3.06. The number of nitrogen functional groups attached to an aromatic ring is 1. The number of hydrogen-bond donors (Lipinski definition) is 2. The van der Waals surface area contributed by atoms with Gasteiger partial charge in [-0.15, -0.1) is 0 Å². The number of anilines is 1. The van der Waals surface area contributed by atoms with Crippen LogP contribution < -0.4 is 11.1 Å². The van der Waals surface area contributed by atoms with Crippen LogP contribution >= 0.6 is 0 Å². The standard InChI is InChI=1S/C13H23N3/c1-10(2)12(15-3)8-4-6-11-7-5-9-16-13(11)14/h5,7,9-10,12,15H,4,6,8H2,1-3H3,(H2,14,16). The molecule has 3 N–H and O–H groups in total. The molecular formula is C13H23N3. The van der Waals surface area contributed by atoms with Crippen molar-refractivity contribution in [2.45, 2.75) is 39.2 Å². The fourth-order valence-corrected chi connectivity index (χ4v) is 1.99. The first-order valence-corrected chi connectivity index (χ1v) is 6.01. The molecule has 0 aliphatic carbocycles. The Hall–Kier alpha value is -1.09. The summed E-state index contributed by atoms with van der Waals surface area (Å²) < 4.78 is 0. The highest BCUT2D eigenvalue weighted by Crippen LogP contribution is 2.14. The lowest BCUT2D eigenvalue weighted by Gasteiger charge is -2.19. The van der Waals surface area contributed by atoms with Crippen molar-refractivity contribution in [1.82, 2.24) is 10.3 Å². The number of rotatable bonds is 6. The number of aryl methyl sites for hydroxylation is 1. The highest BCUT2D eigenvalue weighted by Gasteiger charge is 2.10. The van der Waals surface area contributed by atoms with Crippen molar-refractivity contribution >= 4 is 5.82 Å². The van der Waals surface area contributed by atoms with Crippen LogP contribution in [0, 0.1) is 5.92 Å². The van der Waals surface area contributed by atoms with Crippen molar-refractivity contribution in [3.05, 3.63) is 23.9 Å². The molecule has 0 spiro atoms. The van der Waals surface area contributed by atoms with Crippen molar-refractivity contribution in [2.24, 2.45) is 5.92 Å². The Morgan fingerprint density at radius 3 is 2.75 bits per heavy atom. The Morgan fingerprint density at radius 2 is 2.19 bits per heavy atom. The second-order valence-electron chi connectivity index (χ2n) is 4.58. The van der Waals surface area contributed by atoms with Crippen LogP contribution in [0.3, 0.4) is 0 Å². The molecule has 0 radical (unpaired) electrons. The fourth-order valence-electron chi connectivity index (χ4n) is 1.99. The first-order valence-electron chi connectivity index (χ1n) is 6.01. The van der Waals surface area contributed by atoms with E-state index in [-0.39, 0.29) is 0 Å². The van der Waals surface area contributed by atoms with Gasteiger partial charge in [0.1, 0.15) is 5.82 Å². The van der Waals surface area contributed by atoms with Crippen LogP contribution in [0.2, 0.25) is 0 Å². The van der Waals surface area contributed by atoms with Gasteiger partial charge in [-0.3, -0.25) is 0 Å². The van der Waals surface area contributed by atoms with Crippen LogP contribution in [0.1, 0.15) is 32.3 Å². The van der Waals surface area contributed by atoms with Crippen molar-refractivity contribution in [2.75, 3.05) is 12.8 Å². The maximum absolute atomic E-state index is 5.80. The van der Waals surface area contributed by atoms with Crippen molar-refractivity contribution in [3.63, 3.8) is 0 Å². The number of aromatic nitrogens is 1. The quantitative estimate of drug-likeness (QED) is 0.774. The van der Waals surface area contributed by atoms with Gasteiger partial charge in [-0.25, -0.2) is 4.98 Å². The molecule has 1 heterocycles. The Labute approximate surface area is 98.5 Å². The molecule has 16 heavy (non-hydrogen) atoms. The normalized spacial score (nSPS) is 13.0. The molecule has 0 aromatic carbocycles. The summed E-state index contributed by atoms with van der Waals surface area (Å²) in [5.41, 5.74) is 6.97. The highest BCUT2D eigenvalue weighted by molar-refractivity contribution is 5.38. The predicted octanol–water partition coefficient (Wildman–Crippen LogP) is 2.23. The summed E-state index contributed by atoms with van der Waals surface area (Å²) in [5.74, 6) is 1.35. The zero-order chi connectivity index (χ0) is 12.0.